The molecule has 0 aromatic carbocycles. The van der Waals surface area contributed by atoms with Crippen LogP contribution in [0.4, 0.5) is 0 Å². The molecule has 0 aromatic heterocycles. The molecule has 188 valence electrons. The summed E-state index contributed by atoms with van der Waals surface area (Å²) < 4.78 is 29.9. The summed E-state index contributed by atoms with van der Waals surface area (Å²) in [5, 5.41) is 0. The summed E-state index contributed by atoms with van der Waals surface area (Å²) >= 11 is 0. The Hall–Kier alpha value is 0.0700. The number of hydrogen-bond acceptors (Lipinski definition) is 5. The highest BCUT2D eigenvalue weighted by Gasteiger charge is 2.26. The first-order valence-corrected chi connectivity index (χ1v) is 14.7. The zero-order chi connectivity index (χ0) is 23.0. The van der Waals surface area contributed by atoms with Crippen LogP contribution in [0.1, 0.15) is 123 Å². The van der Waals surface area contributed by atoms with Gasteiger partial charge < -0.3 is 4.90 Å². The van der Waals surface area contributed by atoms with E-state index >= 15 is 0 Å². The molecule has 0 aliphatic heterocycles. The van der Waals surface area contributed by atoms with Crippen molar-refractivity contribution in [3.05, 3.63) is 0 Å². The summed E-state index contributed by atoms with van der Waals surface area (Å²) in [5.41, 5.74) is 0. The minimum atomic E-state index is -3.44. The van der Waals surface area contributed by atoms with E-state index in [-0.39, 0.29) is 0 Å². The van der Waals surface area contributed by atoms with Crippen molar-refractivity contribution in [3.8, 4) is 0 Å². The molecule has 0 rings (SSSR count). The smallest absolute Gasteiger partial charge is 0.309 e. The number of nitrogens with zero attached hydrogens (tertiary/aromatic N) is 1. The Morgan fingerprint density at radius 2 is 0.839 bits per heavy atom. The van der Waals surface area contributed by atoms with Crippen molar-refractivity contribution in [2.45, 2.75) is 123 Å². The molecular weight excluding hydrogens is 409 g/mol. The van der Waals surface area contributed by atoms with Crippen LogP contribution in [0.15, 0.2) is 0 Å². The highest BCUT2D eigenvalue weighted by atomic mass is 31.2. The molecule has 0 amide bonds. The van der Waals surface area contributed by atoms with Crippen molar-refractivity contribution in [3.63, 3.8) is 0 Å². The summed E-state index contributed by atoms with van der Waals surface area (Å²) in [5.74, 6) is 0. The molecule has 31 heavy (non-hydrogen) atoms. The second-order valence-corrected chi connectivity index (χ2v) is 10.7. The average Bonchev–Trinajstić information content (AvgIpc) is 2.74. The summed E-state index contributed by atoms with van der Waals surface area (Å²) in [4.78, 5) is 2.09. The van der Waals surface area contributed by atoms with Gasteiger partial charge in [0.15, 0.2) is 0 Å². The summed E-state index contributed by atoms with van der Waals surface area (Å²) in [7, 11) is 0.611. The van der Waals surface area contributed by atoms with E-state index < -0.39 is 7.82 Å². The van der Waals surface area contributed by atoms with Crippen LogP contribution in [0.5, 0.6) is 0 Å². The molecule has 0 unspecified atom stereocenters. The van der Waals surface area contributed by atoms with E-state index in [1.165, 1.54) is 77.0 Å². The lowest BCUT2D eigenvalue weighted by Crippen LogP contribution is -2.15. The molecule has 0 aliphatic rings. The molecule has 0 spiro atoms. The van der Waals surface area contributed by atoms with E-state index in [4.69, 9.17) is 13.6 Å². The maximum atomic E-state index is 13.0. The van der Waals surface area contributed by atoms with Crippen molar-refractivity contribution >= 4 is 7.82 Å². The molecule has 0 saturated carbocycles. The van der Waals surface area contributed by atoms with Gasteiger partial charge in [0.1, 0.15) is 0 Å². The van der Waals surface area contributed by atoms with Crippen molar-refractivity contribution in [1.29, 1.82) is 0 Å². The molecule has 0 N–H and O–H groups in total. The molecular formula is C25H54NO4P. The van der Waals surface area contributed by atoms with Crippen LogP contribution in [-0.2, 0) is 18.1 Å². The van der Waals surface area contributed by atoms with Crippen molar-refractivity contribution in [2.75, 3.05) is 40.5 Å². The normalized spacial score (nSPS) is 12.2. The molecule has 0 saturated heterocycles. The van der Waals surface area contributed by atoms with E-state index in [1.54, 1.807) is 0 Å². The van der Waals surface area contributed by atoms with Gasteiger partial charge >= 0.3 is 7.82 Å². The SMILES string of the molecule is CCCCCCCCCCOP(=O)(OCCCCCCCCCC)OCCCN(C)C. The highest BCUT2D eigenvalue weighted by Crippen LogP contribution is 2.49. The largest absolute Gasteiger partial charge is 0.474 e. The number of phosphoric ester groups is 1. The van der Waals surface area contributed by atoms with E-state index in [1.807, 2.05) is 14.1 Å². The fraction of sp³-hybridized carbons (Fsp3) is 1.00. The fourth-order valence-electron chi connectivity index (χ4n) is 3.49. The lowest BCUT2D eigenvalue weighted by atomic mass is 10.1. The van der Waals surface area contributed by atoms with Crippen LogP contribution in [0.3, 0.4) is 0 Å². The van der Waals surface area contributed by atoms with E-state index in [9.17, 15) is 4.57 Å². The molecule has 6 heteroatoms. The van der Waals surface area contributed by atoms with Gasteiger partial charge in [-0.25, -0.2) is 4.57 Å². The minimum Gasteiger partial charge on any atom is -0.309 e. The van der Waals surface area contributed by atoms with E-state index in [2.05, 4.69) is 18.7 Å². The molecule has 0 heterocycles. The average molecular weight is 464 g/mol. The van der Waals surface area contributed by atoms with Crippen molar-refractivity contribution in [1.82, 2.24) is 4.90 Å². The van der Waals surface area contributed by atoms with Gasteiger partial charge in [-0.05, 0) is 39.9 Å². The van der Waals surface area contributed by atoms with Crippen LogP contribution in [-0.4, -0.2) is 45.4 Å². The predicted octanol–water partition coefficient (Wildman–Crippen LogP) is 8.38. The number of phosphoric acid groups is 1. The molecule has 0 aromatic rings. The second kappa shape index (κ2) is 23.2. The maximum Gasteiger partial charge on any atom is 0.474 e. The van der Waals surface area contributed by atoms with E-state index in [0.29, 0.717) is 19.8 Å². The third-order valence-electron chi connectivity index (χ3n) is 5.49. The first-order chi connectivity index (χ1) is 15.0. The third kappa shape index (κ3) is 23.0. The van der Waals surface area contributed by atoms with Crippen LogP contribution in [0.25, 0.3) is 0 Å². The van der Waals surface area contributed by atoms with Crippen molar-refractivity contribution in [2.24, 2.45) is 0 Å². The molecule has 0 bridgehead atoms. The highest BCUT2D eigenvalue weighted by molar-refractivity contribution is 7.48. The molecule has 5 nitrogen and oxygen atoms in total. The Labute approximate surface area is 194 Å². The van der Waals surface area contributed by atoms with Crippen LogP contribution < -0.4 is 0 Å². The quantitative estimate of drug-likeness (QED) is 0.100. The lowest BCUT2D eigenvalue weighted by Gasteiger charge is -2.19. The lowest BCUT2D eigenvalue weighted by molar-refractivity contribution is 0.107. The Morgan fingerprint density at radius 3 is 1.19 bits per heavy atom. The van der Waals surface area contributed by atoms with Gasteiger partial charge in [-0.1, -0.05) is 104 Å². The summed E-state index contributed by atoms with van der Waals surface area (Å²) in [6.07, 6.45) is 20.5. The standard InChI is InChI=1S/C25H54NO4P/c1-5-7-9-11-13-15-17-19-23-28-31(27,30-25-21-22-26(3)4)29-24-20-18-16-14-12-10-8-6-2/h5-25H2,1-4H3. The van der Waals surface area contributed by atoms with Gasteiger partial charge in [-0.3, -0.25) is 13.6 Å². The Kier molecular flexibility index (Phi) is 23.3. The van der Waals surface area contributed by atoms with Gasteiger partial charge in [0.05, 0.1) is 19.8 Å². The Bertz CT molecular complexity index is 381. The second-order valence-electron chi connectivity index (χ2n) is 9.05. The fourth-order valence-corrected chi connectivity index (χ4v) is 4.78. The van der Waals surface area contributed by atoms with Gasteiger partial charge in [0.2, 0.25) is 0 Å². The van der Waals surface area contributed by atoms with Gasteiger partial charge in [-0.15, -0.1) is 0 Å². The zero-order valence-electron chi connectivity index (χ0n) is 21.4. The molecule has 0 fully saturated rings. The Balaban J connectivity index is 4.01. The minimum absolute atomic E-state index is 0.407. The topological polar surface area (TPSA) is 48.0 Å². The maximum absolute atomic E-state index is 13.0. The van der Waals surface area contributed by atoms with Crippen LogP contribution >= 0.6 is 7.82 Å². The Morgan fingerprint density at radius 1 is 0.516 bits per heavy atom. The predicted molar refractivity (Wildman–Crippen MR) is 134 cm³/mol. The number of rotatable bonds is 25. The van der Waals surface area contributed by atoms with Crippen LogP contribution in [0, 0.1) is 0 Å². The molecule has 0 atom stereocenters. The third-order valence-corrected chi connectivity index (χ3v) is 6.99. The zero-order valence-corrected chi connectivity index (χ0v) is 22.3. The first kappa shape index (κ1) is 31.1. The van der Waals surface area contributed by atoms with Gasteiger partial charge in [0, 0.05) is 0 Å². The monoisotopic (exact) mass is 463 g/mol. The summed E-state index contributed by atoms with van der Waals surface area (Å²) in [6, 6.07) is 0. The first-order valence-electron chi connectivity index (χ1n) is 13.2. The summed E-state index contributed by atoms with van der Waals surface area (Å²) in [6.45, 7) is 6.71. The van der Waals surface area contributed by atoms with Gasteiger partial charge in [-0.2, -0.15) is 0 Å². The van der Waals surface area contributed by atoms with Crippen molar-refractivity contribution < 1.29 is 18.1 Å². The van der Waals surface area contributed by atoms with Crippen LogP contribution in [0.2, 0.25) is 0 Å². The van der Waals surface area contributed by atoms with Gasteiger partial charge in [0.25, 0.3) is 0 Å². The molecule has 0 aliphatic carbocycles. The van der Waals surface area contributed by atoms with E-state index in [0.717, 1.165) is 38.6 Å². The number of unbranched alkanes of at least 4 members (excludes halogenated alkanes) is 14. The molecule has 0 radical (unpaired) electrons. The number of hydrogen-bond donors (Lipinski definition) is 0.